The van der Waals surface area contributed by atoms with Crippen molar-refractivity contribution < 1.29 is 14.7 Å². The molecule has 1 fully saturated rings. The highest BCUT2D eigenvalue weighted by atomic mass is 16.4. The average molecular weight is 290 g/mol. The highest BCUT2D eigenvalue weighted by molar-refractivity contribution is 5.80. The van der Waals surface area contributed by atoms with Crippen LogP contribution in [0.3, 0.4) is 0 Å². The number of nitrogens with zero attached hydrogens (tertiary/aromatic N) is 1. The van der Waals surface area contributed by atoms with Crippen LogP contribution >= 0.6 is 0 Å². The largest absolute Gasteiger partial charge is 0.481 e. The Kier molecular flexibility index (Phi) is 5.31. The Morgan fingerprint density at radius 1 is 1.24 bits per heavy atom. The standard InChI is InChI=1S/C16H22N2O3/c19-14(10-13-6-5-9-17-11-13)18-12-16(15(20)21)7-3-1-2-4-8-16/h5-6,9,11H,1-4,7-8,10,12H2,(H,18,19)(H,20,21). The summed E-state index contributed by atoms with van der Waals surface area (Å²) in [5.74, 6) is -0.932. The third-order valence-electron chi connectivity index (χ3n) is 4.23. The maximum Gasteiger partial charge on any atom is 0.311 e. The number of nitrogens with one attached hydrogen (secondary N) is 1. The molecule has 1 aliphatic rings. The van der Waals surface area contributed by atoms with Gasteiger partial charge in [-0.15, -0.1) is 0 Å². The van der Waals surface area contributed by atoms with Crippen LogP contribution in [0.2, 0.25) is 0 Å². The summed E-state index contributed by atoms with van der Waals surface area (Å²) >= 11 is 0. The SMILES string of the molecule is O=C(Cc1cccnc1)NCC1(C(=O)O)CCCCCC1. The normalized spacial score (nSPS) is 17.7. The summed E-state index contributed by atoms with van der Waals surface area (Å²) < 4.78 is 0. The van der Waals surface area contributed by atoms with Crippen molar-refractivity contribution in [2.24, 2.45) is 5.41 Å². The molecule has 0 aromatic carbocycles. The molecule has 0 spiro atoms. The molecule has 2 rings (SSSR count). The van der Waals surface area contributed by atoms with Gasteiger partial charge in [-0.1, -0.05) is 31.7 Å². The fraction of sp³-hybridized carbons (Fsp3) is 0.562. The first-order valence-corrected chi connectivity index (χ1v) is 7.51. The van der Waals surface area contributed by atoms with E-state index in [1.165, 1.54) is 0 Å². The van der Waals surface area contributed by atoms with E-state index in [0.717, 1.165) is 31.2 Å². The van der Waals surface area contributed by atoms with E-state index >= 15 is 0 Å². The van der Waals surface area contributed by atoms with E-state index in [9.17, 15) is 14.7 Å². The number of carbonyl (C=O) groups excluding carboxylic acids is 1. The van der Waals surface area contributed by atoms with Crippen molar-refractivity contribution in [3.05, 3.63) is 30.1 Å². The lowest BCUT2D eigenvalue weighted by Gasteiger charge is -2.28. The molecule has 0 atom stereocenters. The molecule has 1 aromatic rings. The number of hydrogen-bond acceptors (Lipinski definition) is 3. The zero-order valence-corrected chi connectivity index (χ0v) is 12.2. The third kappa shape index (κ3) is 4.28. The van der Waals surface area contributed by atoms with Crippen molar-refractivity contribution >= 4 is 11.9 Å². The van der Waals surface area contributed by atoms with Gasteiger partial charge in [0.1, 0.15) is 0 Å². The van der Waals surface area contributed by atoms with Crippen molar-refractivity contribution in [2.45, 2.75) is 44.9 Å². The molecule has 2 N–H and O–H groups in total. The van der Waals surface area contributed by atoms with Gasteiger partial charge in [0.25, 0.3) is 0 Å². The van der Waals surface area contributed by atoms with Gasteiger partial charge in [-0.05, 0) is 24.5 Å². The monoisotopic (exact) mass is 290 g/mol. The Bertz CT molecular complexity index is 480. The van der Waals surface area contributed by atoms with Gasteiger partial charge in [-0.2, -0.15) is 0 Å². The Morgan fingerprint density at radius 2 is 1.95 bits per heavy atom. The summed E-state index contributed by atoms with van der Waals surface area (Å²) in [6.45, 7) is 0.224. The number of aromatic nitrogens is 1. The lowest BCUT2D eigenvalue weighted by Crippen LogP contribution is -2.43. The summed E-state index contributed by atoms with van der Waals surface area (Å²) in [6, 6.07) is 3.62. The summed E-state index contributed by atoms with van der Waals surface area (Å²) in [5, 5.41) is 12.4. The van der Waals surface area contributed by atoms with Crippen LogP contribution in [0.1, 0.15) is 44.1 Å². The lowest BCUT2D eigenvalue weighted by atomic mass is 9.80. The van der Waals surface area contributed by atoms with E-state index in [-0.39, 0.29) is 18.9 Å². The number of pyridine rings is 1. The Labute approximate surface area is 124 Å². The Morgan fingerprint density at radius 3 is 2.52 bits per heavy atom. The molecular formula is C16H22N2O3. The van der Waals surface area contributed by atoms with Crippen LogP contribution in [-0.2, 0) is 16.0 Å². The topological polar surface area (TPSA) is 79.3 Å². The minimum atomic E-state index is -0.791. The van der Waals surface area contributed by atoms with Gasteiger partial charge < -0.3 is 10.4 Å². The number of carboxylic acids is 1. The highest BCUT2D eigenvalue weighted by Crippen LogP contribution is 2.34. The molecule has 0 saturated heterocycles. The van der Waals surface area contributed by atoms with Crippen LogP contribution in [0.4, 0.5) is 0 Å². The second-order valence-electron chi connectivity index (χ2n) is 5.81. The van der Waals surface area contributed by atoms with Gasteiger partial charge in [0, 0.05) is 18.9 Å². The first-order valence-electron chi connectivity index (χ1n) is 7.51. The van der Waals surface area contributed by atoms with Crippen LogP contribution in [0.15, 0.2) is 24.5 Å². The molecule has 5 nitrogen and oxygen atoms in total. The van der Waals surface area contributed by atoms with E-state index in [4.69, 9.17) is 0 Å². The molecule has 0 radical (unpaired) electrons. The molecule has 1 amide bonds. The van der Waals surface area contributed by atoms with Crippen LogP contribution in [-0.4, -0.2) is 28.5 Å². The molecular weight excluding hydrogens is 268 g/mol. The molecule has 0 aliphatic heterocycles. The average Bonchev–Trinajstić information content (AvgIpc) is 2.73. The number of amides is 1. The number of aliphatic carboxylic acids is 1. The van der Waals surface area contributed by atoms with E-state index < -0.39 is 11.4 Å². The van der Waals surface area contributed by atoms with Crippen molar-refractivity contribution in [1.29, 1.82) is 0 Å². The Balaban J connectivity index is 1.92. The zero-order chi connectivity index (χ0) is 15.1. The van der Waals surface area contributed by atoms with Crippen molar-refractivity contribution in [3.8, 4) is 0 Å². The number of carboxylic acid groups (broad SMARTS) is 1. The smallest absolute Gasteiger partial charge is 0.311 e. The third-order valence-corrected chi connectivity index (χ3v) is 4.23. The van der Waals surface area contributed by atoms with E-state index in [2.05, 4.69) is 10.3 Å². The fourth-order valence-corrected chi connectivity index (χ4v) is 2.89. The molecule has 1 saturated carbocycles. The quantitative estimate of drug-likeness (QED) is 0.814. The van der Waals surface area contributed by atoms with Gasteiger partial charge >= 0.3 is 5.97 Å². The van der Waals surface area contributed by atoms with Gasteiger partial charge in [0.15, 0.2) is 0 Å². The second kappa shape index (κ2) is 7.20. The summed E-state index contributed by atoms with van der Waals surface area (Å²) in [5.41, 5.74) is 0.0430. The van der Waals surface area contributed by atoms with E-state index in [0.29, 0.717) is 12.8 Å². The first-order chi connectivity index (χ1) is 10.1. The summed E-state index contributed by atoms with van der Waals surface area (Å²) in [7, 11) is 0. The maximum atomic E-state index is 12.0. The van der Waals surface area contributed by atoms with Crippen molar-refractivity contribution in [1.82, 2.24) is 10.3 Å². The molecule has 114 valence electrons. The molecule has 1 heterocycles. The van der Waals surface area contributed by atoms with Gasteiger partial charge in [0.2, 0.25) is 5.91 Å². The first kappa shape index (κ1) is 15.5. The van der Waals surface area contributed by atoms with E-state index in [1.807, 2.05) is 6.07 Å². The molecule has 21 heavy (non-hydrogen) atoms. The number of hydrogen-bond donors (Lipinski definition) is 2. The van der Waals surface area contributed by atoms with Crippen LogP contribution in [0.5, 0.6) is 0 Å². The zero-order valence-electron chi connectivity index (χ0n) is 12.2. The number of rotatable bonds is 5. The van der Waals surface area contributed by atoms with Crippen LogP contribution < -0.4 is 5.32 Å². The van der Waals surface area contributed by atoms with Gasteiger partial charge in [0.05, 0.1) is 11.8 Å². The highest BCUT2D eigenvalue weighted by Gasteiger charge is 2.38. The molecule has 1 aromatic heterocycles. The lowest BCUT2D eigenvalue weighted by molar-refractivity contribution is -0.149. The molecule has 0 bridgehead atoms. The minimum Gasteiger partial charge on any atom is -0.481 e. The molecule has 1 aliphatic carbocycles. The van der Waals surface area contributed by atoms with Crippen molar-refractivity contribution in [2.75, 3.05) is 6.54 Å². The molecule has 5 heteroatoms. The van der Waals surface area contributed by atoms with Gasteiger partial charge in [-0.25, -0.2) is 0 Å². The van der Waals surface area contributed by atoms with Crippen molar-refractivity contribution in [3.63, 3.8) is 0 Å². The van der Waals surface area contributed by atoms with Gasteiger partial charge in [-0.3, -0.25) is 14.6 Å². The predicted molar refractivity (Wildman–Crippen MR) is 78.7 cm³/mol. The Hall–Kier alpha value is -1.91. The van der Waals surface area contributed by atoms with Crippen LogP contribution in [0, 0.1) is 5.41 Å². The minimum absolute atomic E-state index is 0.145. The second-order valence-corrected chi connectivity index (χ2v) is 5.81. The van der Waals surface area contributed by atoms with Crippen LogP contribution in [0.25, 0.3) is 0 Å². The summed E-state index contributed by atoms with van der Waals surface area (Å²) in [4.78, 5) is 27.6. The summed E-state index contributed by atoms with van der Waals surface area (Å²) in [6.07, 6.45) is 8.85. The maximum absolute atomic E-state index is 12.0. The fourth-order valence-electron chi connectivity index (χ4n) is 2.89. The van der Waals surface area contributed by atoms with E-state index in [1.54, 1.807) is 18.5 Å². The molecule has 0 unspecified atom stereocenters. The predicted octanol–water partition coefficient (Wildman–Crippen LogP) is 2.17. The number of carbonyl (C=O) groups is 2.